The Hall–Kier alpha value is -2.09. The summed E-state index contributed by atoms with van der Waals surface area (Å²) in [6.45, 7) is 1.47. The lowest BCUT2D eigenvalue weighted by Gasteiger charge is -2.37. The monoisotopic (exact) mass is 379 g/mol. The molecular formula is C18H22ClN3O4. The van der Waals surface area contributed by atoms with Gasteiger partial charge in [0.15, 0.2) is 11.6 Å². The fourth-order valence-corrected chi connectivity index (χ4v) is 2.90. The number of hydrogen-bond acceptors (Lipinski definition) is 7. The second kappa shape index (κ2) is 8.53. The van der Waals surface area contributed by atoms with Crippen molar-refractivity contribution in [3.05, 3.63) is 41.3 Å². The molecule has 0 atom stereocenters. The molecule has 1 aromatic heterocycles. The van der Waals surface area contributed by atoms with Gasteiger partial charge < -0.3 is 24.6 Å². The summed E-state index contributed by atoms with van der Waals surface area (Å²) in [4.78, 5) is 8.25. The third-order valence-corrected chi connectivity index (χ3v) is 4.60. The van der Waals surface area contributed by atoms with Crippen LogP contribution in [0.25, 0.3) is 0 Å². The summed E-state index contributed by atoms with van der Waals surface area (Å²) in [5.74, 6) is 1.73. The van der Waals surface area contributed by atoms with Crippen molar-refractivity contribution in [2.24, 2.45) is 0 Å². The van der Waals surface area contributed by atoms with E-state index in [0.717, 1.165) is 11.3 Å². The molecule has 1 fully saturated rings. The van der Waals surface area contributed by atoms with Gasteiger partial charge in [-0.1, -0.05) is 12.1 Å². The van der Waals surface area contributed by atoms with E-state index in [4.69, 9.17) is 25.8 Å². The van der Waals surface area contributed by atoms with Gasteiger partial charge in [0.25, 0.3) is 0 Å². The van der Waals surface area contributed by atoms with Crippen molar-refractivity contribution < 1.29 is 19.3 Å². The van der Waals surface area contributed by atoms with Gasteiger partial charge in [-0.25, -0.2) is 4.98 Å². The molecule has 0 spiro atoms. The zero-order valence-electron chi connectivity index (χ0n) is 14.6. The quantitative estimate of drug-likeness (QED) is 0.715. The summed E-state index contributed by atoms with van der Waals surface area (Å²) in [5.41, 5.74) is 0.475. The van der Waals surface area contributed by atoms with Crippen LogP contribution in [0.15, 0.2) is 30.5 Å². The van der Waals surface area contributed by atoms with Crippen molar-refractivity contribution in [2.45, 2.75) is 25.0 Å². The van der Waals surface area contributed by atoms with Crippen LogP contribution >= 0.6 is 11.6 Å². The van der Waals surface area contributed by atoms with Crippen molar-refractivity contribution in [1.29, 1.82) is 0 Å². The lowest BCUT2D eigenvalue weighted by Crippen LogP contribution is -2.47. The topological polar surface area (TPSA) is 85.7 Å². The van der Waals surface area contributed by atoms with Crippen LogP contribution in [0.5, 0.6) is 11.5 Å². The maximum absolute atomic E-state index is 9.87. The van der Waals surface area contributed by atoms with Crippen LogP contribution in [0.3, 0.4) is 0 Å². The number of hydrogen-bond donors (Lipinski definition) is 2. The largest absolute Gasteiger partial charge is 0.497 e. The van der Waals surface area contributed by atoms with Gasteiger partial charge in [0.05, 0.1) is 25.5 Å². The van der Waals surface area contributed by atoms with Crippen molar-refractivity contribution in [1.82, 2.24) is 9.97 Å². The molecule has 2 aromatic rings. The highest BCUT2D eigenvalue weighted by atomic mass is 35.5. The van der Waals surface area contributed by atoms with Gasteiger partial charge in [0, 0.05) is 13.2 Å². The van der Waals surface area contributed by atoms with Gasteiger partial charge in [0.1, 0.15) is 12.4 Å². The second-order valence-corrected chi connectivity index (χ2v) is 6.50. The number of nitrogens with one attached hydrogen (secondary N) is 1. The lowest BCUT2D eigenvalue weighted by atomic mass is 9.91. The van der Waals surface area contributed by atoms with E-state index in [1.54, 1.807) is 7.11 Å². The van der Waals surface area contributed by atoms with Crippen LogP contribution in [-0.2, 0) is 11.3 Å². The summed E-state index contributed by atoms with van der Waals surface area (Å²) < 4.78 is 16.4. The zero-order valence-corrected chi connectivity index (χ0v) is 15.3. The molecule has 7 nitrogen and oxygen atoms in total. The van der Waals surface area contributed by atoms with E-state index >= 15 is 0 Å². The van der Waals surface area contributed by atoms with Crippen LogP contribution in [-0.4, -0.2) is 47.5 Å². The number of halogens is 1. The summed E-state index contributed by atoms with van der Waals surface area (Å²) in [6.07, 6.45) is 2.87. The Kier molecular flexibility index (Phi) is 6.13. The van der Waals surface area contributed by atoms with Crippen molar-refractivity contribution in [3.63, 3.8) is 0 Å². The number of aliphatic hydroxyl groups is 1. The summed E-state index contributed by atoms with van der Waals surface area (Å²) in [7, 11) is 1.63. The third kappa shape index (κ3) is 4.55. The maximum atomic E-state index is 9.87. The molecule has 1 saturated heterocycles. The molecule has 1 aliphatic rings. The smallest absolute Gasteiger partial charge is 0.224 e. The first kappa shape index (κ1) is 18.7. The normalized spacial score (nSPS) is 16.1. The molecule has 2 heterocycles. The number of nitrogens with zero attached hydrogens (tertiary/aromatic N) is 2. The summed E-state index contributed by atoms with van der Waals surface area (Å²) in [6, 6.07) is 7.60. The van der Waals surface area contributed by atoms with E-state index in [0.29, 0.717) is 44.2 Å². The van der Waals surface area contributed by atoms with E-state index < -0.39 is 5.54 Å². The first-order valence-corrected chi connectivity index (χ1v) is 8.77. The van der Waals surface area contributed by atoms with E-state index in [2.05, 4.69) is 15.3 Å². The minimum absolute atomic E-state index is 0.0318. The van der Waals surface area contributed by atoms with E-state index in [-0.39, 0.29) is 11.9 Å². The number of methoxy groups -OCH3 is 1. The zero-order chi connectivity index (χ0) is 18.4. The molecule has 26 heavy (non-hydrogen) atoms. The van der Waals surface area contributed by atoms with Crippen molar-refractivity contribution in [2.75, 3.05) is 32.2 Å². The van der Waals surface area contributed by atoms with Gasteiger partial charge in [-0.05, 0) is 42.1 Å². The molecule has 1 aliphatic heterocycles. The predicted octanol–water partition coefficient (Wildman–Crippen LogP) is 2.67. The van der Waals surface area contributed by atoms with Gasteiger partial charge in [-0.3, -0.25) is 0 Å². The number of rotatable bonds is 7. The minimum Gasteiger partial charge on any atom is -0.497 e. The number of aromatic nitrogens is 2. The highest BCUT2D eigenvalue weighted by Gasteiger charge is 2.33. The van der Waals surface area contributed by atoms with Crippen LogP contribution < -0.4 is 14.8 Å². The van der Waals surface area contributed by atoms with Crippen LogP contribution in [0, 0.1) is 0 Å². The van der Waals surface area contributed by atoms with Gasteiger partial charge in [-0.2, -0.15) is 4.98 Å². The fraction of sp³-hybridized carbons (Fsp3) is 0.444. The Morgan fingerprint density at radius 2 is 2.00 bits per heavy atom. The number of aliphatic hydroxyl groups excluding tert-OH is 1. The molecule has 0 radical (unpaired) electrons. The van der Waals surface area contributed by atoms with Gasteiger partial charge in [0.2, 0.25) is 5.28 Å². The molecule has 0 unspecified atom stereocenters. The first-order valence-electron chi connectivity index (χ1n) is 8.39. The first-order chi connectivity index (χ1) is 12.6. The highest BCUT2D eigenvalue weighted by Crippen LogP contribution is 2.31. The summed E-state index contributed by atoms with van der Waals surface area (Å²) >= 11 is 5.95. The Morgan fingerprint density at radius 1 is 1.27 bits per heavy atom. The third-order valence-electron chi connectivity index (χ3n) is 4.42. The number of anilines is 1. The van der Waals surface area contributed by atoms with Crippen LogP contribution in [0.2, 0.25) is 5.28 Å². The molecule has 3 rings (SSSR count). The van der Waals surface area contributed by atoms with Crippen molar-refractivity contribution >= 4 is 17.4 Å². The van der Waals surface area contributed by atoms with Crippen molar-refractivity contribution in [3.8, 4) is 11.5 Å². The van der Waals surface area contributed by atoms with Crippen LogP contribution in [0.1, 0.15) is 18.4 Å². The summed E-state index contributed by atoms with van der Waals surface area (Å²) in [5, 5.41) is 13.3. The molecule has 140 valence electrons. The van der Waals surface area contributed by atoms with Gasteiger partial charge in [-0.15, -0.1) is 0 Å². The standard InChI is InChI=1S/C18H22ClN3O4/c1-24-14-4-2-13(3-5-14)11-26-15-10-20-17(19)21-16(15)22-18(12-23)6-8-25-9-7-18/h2-5,10,23H,6-9,11-12H2,1H3,(H,20,21,22). The fourth-order valence-electron chi connectivity index (χ4n) is 2.76. The Labute approximate surface area is 157 Å². The average molecular weight is 380 g/mol. The SMILES string of the molecule is COc1ccc(COc2cnc(Cl)nc2NC2(CO)CCOCC2)cc1. The van der Waals surface area contributed by atoms with E-state index in [1.807, 2.05) is 24.3 Å². The second-order valence-electron chi connectivity index (χ2n) is 6.16. The Morgan fingerprint density at radius 3 is 2.65 bits per heavy atom. The lowest BCUT2D eigenvalue weighted by molar-refractivity contribution is 0.0377. The van der Waals surface area contributed by atoms with Gasteiger partial charge >= 0.3 is 0 Å². The van der Waals surface area contributed by atoms with E-state index in [9.17, 15) is 5.11 Å². The Bertz CT molecular complexity index is 721. The molecule has 0 saturated carbocycles. The predicted molar refractivity (Wildman–Crippen MR) is 97.9 cm³/mol. The Balaban J connectivity index is 1.74. The molecule has 0 aliphatic carbocycles. The number of benzene rings is 1. The van der Waals surface area contributed by atoms with Crippen LogP contribution in [0.4, 0.5) is 5.82 Å². The molecular weight excluding hydrogens is 358 g/mol. The molecule has 2 N–H and O–H groups in total. The minimum atomic E-state index is -0.506. The maximum Gasteiger partial charge on any atom is 0.224 e. The molecule has 0 amide bonds. The molecule has 8 heteroatoms. The molecule has 1 aromatic carbocycles. The average Bonchev–Trinajstić information content (AvgIpc) is 2.68. The highest BCUT2D eigenvalue weighted by molar-refractivity contribution is 6.28. The van der Waals surface area contributed by atoms with E-state index in [1.165, 1.54) is 6.20 Å². The number of ether oxygens (including phenoxy) is 3. The molecule has 0 bridgehead atoms.